The second-order valence-corrected chi connectivity index (χ2v) is 5.89. The molecule has 2 unspecified atom stereocenters. The maximum atomic E-state index is 11.2. The maximum Gasteiger partial charge on any atom is 0.217 e. The molecule has 120 valence electrons. The van der Waals surface area contributed by atoms with Crippen LogP contribution in [-0.4, -0.2) is 58.9 Å². The van der Waals surface area contributed by atoms with Gasteiger partial charge in [0.2, 0.25) is 5.91 Å². The van der Waals surface area contributed by atoms with Gasteiger partial charge >= 0.3 is 0 Å². The van der Waals surface area contributed by atoms with Gasteiger partial charge in [0, 0.05) is 11.8 Å². The summed E-state index contributed by atoms with van der Waals surface area (Å²) >= 11 is 0. The van der Waals surface area contributed by atoms with Crippen LogP contribution in [0.1, 0.15) is 27.7 Å². The van der Waals surface area contributed by atoms with E-state index in [0.29, 0.717) is 0 Å². The lowest BCUT2D eigenvalue weighted by Crippen LogP contribution is -2.65. The van der Waals surface area contributed by atoms with Gasteiger partial charge < -0.3 is 25.0 Å². The summed E-state index contributed by atoms with van der Waals surface area (Å²) in [6.45, 7) is 6.52. The molecule has 1 fully saturated rings. The minimum atomic E-state index is -1.30. The molecule has 0 aromatic heterocycles. The van der Waals surface area contributed by atoms with Crippen molar-refractivity contribution in [1.82, 2.24) is 5.32 Å². The second-order valence-electron chi connectivity index (χ2n) is 5.89. The molecule has 0 spiro atoms. The molecule has 1 saturated heterocycles. The predicted octanol–water partition coefficient (Wildman–Crippen LogP) is 0.0632. The van der Waals surface area contributed by atoms with Gasteiger partial charge in [-0.25, -0.2) is 0 Å². The molecular formula is C12H22N4O5. The van der Waals surface area contributed by atoms with Crippen LogP contribution in [0.15, 0.2) is 5.11 Å². The van der Waals surface area contributed by atoms with Crippen LogP contribution in [0.25, 0.3) is 10.4 Å². The van der Waals surface area contributed by atoms with Crippen LogP contribution < -0.4 is 5.32 Å². The van der Waals surface area contributed by atoms with Gasteiger partial charge in [-0.3, -0.25) is 4.79 Å². The zero-order valence-electron chi connectivity index (χ0n) is 12.6. The first kappa shape index (κ1) is 17.7. The summed E-state index contributed by atoms with van der Waals surface area (Å²) in [6, 6.07) is -0.918. The van der Waals surface area contributed by atoms with E-state index in [1.54, 1.807) is 20.8 Å². The van der Waals surface area contributed by atoms with E-state index in [-0.39, 0.29) is 12.5 Å². The largest absolute Gasteiger partial charge is 0.388 e. The predicted molar refractivity (Wildman–Crippen MR) is 73.1 cm³/mol. The van der Waals surface area contributed by atoms with Crippen LogP contribution in [0.3, 0.4) is 0 Å². The van der Waals surface area contributed by atoms with Crippen molar-refractivity contribution in [2.24, 2.45) is 5.11 Å². The first-order valence-corrected chi connectivity index (χ1v) is 6.63. The fraction of sp³-hybridized carbons (Fsp3) is 0.917. The van der Waals surface area contributed by atoms with E-state index in [1.807, 2.05) is 0 Å². The molecule has 0 aromatic rings. The Kier molecular flexibility index (Phi) is 5.94. The van der Waals surface area contributed by atoms with E-state index in [4.69, 9.17) is 15.0 Å². The molecule has 0 radical (unpaired) electrons. The molecule has 1 heterocycles. The lowest BCUT2D eigenvalue weighted by Gasteiger charge is -2.44. The third kappa shape index (κ3) is 5.14. The summed E-state index contributed by atoms with van der Waals surface area (Å²) in [5.74, 6) is -0.383. The van der Waals surface area contributed by atoms with Gasteiger partial charge in [-0.1, -0.05) is 5.11 Å². The van der Waals surface area contributed by atoms with E-state index in [0.717, 1.165) is 0 Å². The summed E-state index contributed by atoms with van der Waals surface area (Å²) in [7, 11) is 0. The number of nitrogens with one attached hydrogen (secondary N) is 1. The van der Waals surface area contributed by atoms with Crippen molar-refractivity contribution in [1.29, 1.82) is 0 Å². The molecule has 0 aromatic carbocycles. The molecule has 1 aliphatic rings. The van der Waals surface area contributed by atoms with Crippen LogP contribution in [0.5, 0.6) is 0 Å². The van der Waals surface area contributed by atoms with E-state index in [9.17, 15) is 15.0 Å². The average Bonchev–Trinajstić information content (AvgIpc) is 2.34. The van der Waals surface area contributed by atoms with Crippen LogP contribution in [0, 0.1) is 0 Å². The fourth-order valence-electron chi connectivity index (χ4n) is 2.04. The van der Waals surface area contributed by atoms with Crippen molar-refractivity contribution in [3.63, 3.8) is 0 Å². The van der Waals surface area contributed by atoms with Gasteiger partial charge in [0.1, 0.15) is 18.2 Å². The number of aliphatic hydroxyl groups is 2. The Hall–Kier alpha value is -1.38. The number of ether oxygens (including phenoxy) is 2. The van der Waals surface area contributed by atoms with Crippen LogP contribution in [0.2, 0.25) is 0 Å². The first-order chi connectivity index (χ1) is 9.65. The number of carbonyl (C=O) groups excluding carboxylic acids is 1. The molecule has 3 N–H and O–H groups in total. The number of hydrogen-bond donors (Lipinski definition) is 3. The van der Waals surface area contributed by atoms with Crippen molar-refractivity contribution < 1.29 is 24.5 Å². The normalized spacial score (nSPS) is 33.1. The van der Waals surface area contributed by atoms with E-state index >= 15 is 0 Å². The Morgan fingerprint density at radius 2 is 2.05 bits per heavy atom. The number of amides is 1. The summed E-state index contributed by atoms with van der Waals surface area (Å²) < 4.78 is 11.2. The molecule has 1 rings (SSSR count). The molecule has 1 amide bonds. The highest BCUT2D eigenvalue weighted by molar-refractivity contribution is 5.73. The number of aliphatic hydroxyl groups excluding tert-OH is 2. The van der Waals surface area contributed by atoms with Crippen molar-refractivity contribution in [2.45, 2.75) is 63.9 Å². The fourth-order valence-corrected chi connectivity index (χ4v) is 2.04. The van der Waals surface area contributed by atoms with Gasteiger partial charge in [0.15, 0.2) is 6.29 Å². The molecular weight excluding hydrogens is 280 g/mol. The summed E-state index contributed by atoms with van der Waals surface area (Å²) in [5, 5.41) is 26.0. The van der Waals surface area contributed by atoms with E-state index in [2.05, 4.69) is 15.3 Å². The highest BCUT2D eigenvalue weighted by Gasteiger charge is 2.46. The van der Waals surface area contributed by atoms with Crippen molar-refractivity contribution in [2.75, 3.05) is 6.54 Å². The van der Waals surface area contributed by atoms with Gasteiger partial charge in [-0.2, -0.15) is 0 Å². The van der Waals surface area contributed by atoms with E-state index in [1.165, 1.54) is 6.92 Å². The van der Waals surface area contributed by atoms with Crippen molar-refractivity contribution in [3.05, 3.63) is 10.4 Å². The summed E-state index contributed by atoms with van der Waals surface area (Å²) in [4.78, 5) is 13.8. The number of nitrogens with zero attached hydrogens (tertiary/aromatic N) is 3. The highest BCUT2D eigenvalue weighted by Crippen LogP contribution is 2.26. The summed E-state index contributed by atoms with van der Waals surface area (Å²) in [5.41, 5.74) is 7.75. The molecule has 9 heteroatoms. The Balaban J connectivity index is 2.94. The van der Waals surface area contributed by atoms with Gasteiger partial charge in [0.05, 0.1) is 18.2 Å². The van der Waals surface area contributed by atoms with Crippen molar-refractivity contribution >= 4 is 5.91 Å². The minimum absolute atomic E-state index is 0.147. The monoisotopic (exact) mass is 302 g/mol. The van der Waals surface area contributed by atoms with Crippen LogP contribution in [0.4, 0.5) is 0 Å². The standard InChI is InChI=1S/C12H22N4O5/c1-6(17)15-8-10(19)9(18)7(5-14-16-13)20-11(8)21-12(2,3)4/h7-11,18-19H,5H2,1-4H3,(H,15,17)/t7?,8?,9-,10+,11+/m0/s1. The lowest BCUT2D eigenvalue weighted by molar-refractivity contribution is -0.286. The highest BCUT2D eigenvalue weighted by atomic mass is 16.7. The van der Waals surface area contributed by atoms with Gasteiger partial charge in [-0.05, 0) is 26.3 Å². The molecule has 5 atom stereocenters. The third-order valence-electron chi connectivity index (χ3n) is 2.87. The quantitative estimate of drug-likeness (QED) is 0.383. The maximum absolute atomic E-state index is 11.2. The molecule has 21 heavy (non-hydrogen) atoms. The number of hydrogen-bond acceptors (Lipinski definition) is 6. The zero-order chi connectivity index (χ0) is 16.2. The molecule has 1 aliphatic heterocycles. The second kappa shape index (κ2) is 7.06. The van der Waals surface area contributed by atoms with Gasteiger partial charge in [0.25, 0.3) is 0 Å². The summed E-state index contributed by atoms with van der Waals surface area (Å²) in [6.07, 6.45) is -4.47. The minimum Gasteiger partial charge on any atom is -0.388 e. The smallest absolute Gasteiger partial charge is 0.217 e. The number of rotatable bonds is 4. The Bertz CT molecular complexity index is 418. The average molecular weight is 302 g/mol. The SMILES string of the molecule is CC(=O)NC1[C@@H](OC(C)(C)C)OC(CN=[N+]=[N-])[C@H](O)[C@@H]1O. The zero-order valence-corrected chi connectivity index (χ0v) is 12.6. The number of azide groups is 1. The first-order valence-electron chi connectivity index (χ1n) is 6.63. The Labute approximate surface area is 122 Å². The Morgan fingerprint density at radius 1 is 1.43 bits per heavy atom. The molecule has 0 aliphatic carbocycles. The lowest BCUT2D eigenvalue weighted by atomic mass is 9.96. The molecule has 0 bridgehead atoms. The van der Waals surface area contributed by atoms with E-state index < -0.39 is 36.2 Å². The molecule has 9 nitrogen and oxygen atoms in total. The number of carbonyl (C=O) groups is 1. The topological polar surface area (TPSA) is 137 Å². The van der Waals surface area contributed by atoms with Gasteiger partial charge in [-0.15, -0.1) is 0 Å². The van der Waals surface area contributed by atoms with Crippen molar-refractivity contribution in [3.8, 4) is 0 Å². The Morgan fingerprint density at radius 3 is 2.52 bits per heavy atom. The van der Waals surface area contributed by atoms with Crippen LogP contribution >= 0.6 is 0 Å². The molecule has 0 saturated carbocycles. The van der Waals surface area contributed by atoms with Crippen LogP contribution in [-0.2, 0) is 14.3 Å². The third-order valence-corrected chi connectivity index (χ3v) is 2.87.